The van der Waals surface area contributed by atoms with E-state index < -0.39 is 23.4 Å². The maximum absolute atomic E-state index is 14.5. The molecule has 0 spiro atoms. The molecule has 0 amide bonds. The summed E-state index contributed by atoms with van der Waals surface area (Å²) < 4.78 is 45.3. The summed E-state index contributed by atoms with van der Waals surface area (Å²) in [6.07, 6.45) is 18.9. The summed E-state index contributed by atoms with van der Waals surface area (Å²) in [6, 6.07) is 9.00. The van der Waals surface area contributed by atoms with E-state index in [1.165, 1.54) is 82.8 Å². The summed E-state index contributed by atoms with van der Waals surface area (Å²) in [6.45, 7) is 5.36. The van der Waals surface area contributed by atoms with Gasteiger partial charge in [-0.05, 0) is 49.2 Å². The van der Waals surface area contributed by atoms with Crippen molar-refractivity contribution in [3.8, 4) is 17.2 Å². The van der Waals surface area contributed by atoms with E-state index in [9.17, 15) is 13.6 Å². The van der Waals surface area contributed by atoms with Gasteiger partial charge in [0.1, 0.15) is 5.75 Å². The first-order valence-electron chi connectivity index (χ1n) is 15.1. The second-order valence-electron chi connectivity index (χ2n) is 10.3. The van der Waals surface area contributed by atoms with E-state index in [0.29, 0.717) is 19.0 Å². The molecule has 0 unspecified atom stereocenters. The molecular formula is C33H48F2O4. The summed E-state index contributed by atoms with van der Waals surface area (Å²) in [5.74, 6) is -3.13. The van der Waals surface area contributed by atoms with Crippen molar-refractivity contribution >= 4 is 5.97 Å². The highest BCUT2D eigenvalue weighted by atomic mass is 19.2. The quantitative estimate of drug-likeness (QED) is 0.0837. The lowest BCUT2D eigenvalue weighted by Gasteiger charge is -2.11. The Morgan fingerprint density at radius 3 is 1.54 bits per heavy atom. The highest BCUT2D eigenvalue weighted by Crippen LogP contribution is 2.28. The second kappa shape index (κ2) is 20.3. The number of esters is 1. The number of hydrogen-bond acceptors (Lipinski definition) is 4. The normalized spacial score (nSPS) is 11.0. The van der Waals surface area contributed by atoms with Crippen molar-refractivity contribution in [2.24, 2.45) is 0 Å². The van der Waals surface area contributed by atoms with Gasteiger partial charge in [0.15, 0.2) is 11.5 Å². The minimum absolute atomic E-state index is 0.173. The van der Waals surface area contributed by atoms with E-state index >= 15 is 0 Å². The SMILES string of the molecule is CCCCCCCCCCOc1ccc(C(=O)Oc2ccc(OCCCCCCCCCC)c(F)c2F)cc1. The molecule has 4 nitrogen and oxygen atoms in total. The van der Waals surface area contributed by atoms with E-state index in [-0.39, 0.29) is 11.3 Å². The Balaban J connectivity index is 1.69. The Hall–Kier alpha value is -2.63. The third kappa shape index (κ3) is 13.3. The van der Waals surface area contributed by atoms with Crippen LogP contribution in [0.3, 0.4) is 0 Å². The van der Waals surface area contributed by atoms with Crippen LogP contribution in [0.5, 0.6) is 17.2 Å². The fourth-order valence-corrected chi connectivity index (χ4v) is 4.39. The molecule has 0 saturated heterocycles. The maximum atomic E-state index is 14.5. The van der Waals surface area contributed by atoms with Crippen LogP contribution in [-0.4, -0.2) is 19.2 Å². The average Bonchev–Trinajstić information content (AvgIpc) is 2.95. The van der Waals surface area contributed by atoms with Gasteiger partial charge < -0.3 is 14.2 Å². The molecule has 0 saturated carbocycles. The third-order valence-electron chi connectivity index (χ3n) is 6.83. The van der Waals surface area contributed by atoms with Crippen molar-refractivity contribution in [1.82, 2.24) is 0 Å². The molecular weight excluding hydrogens is 498 g/mol. The number of carbonyl (C=O) groups is 1. The van der Waals surface area contributed by atoms with E-state index in [1.807, 2.05) is 0 Å². The molecule has 2 rings (SSSR count). The molecule has 0 bridgehead atoms. The molecule has 0 aromatic heterocycles. The minimum Gasteiger partial charge on any atom is -0.494 e. The van der Waals surface area contributed by atoms with Gasteiger partial charge in [-0.15, -0.1) is 0 Å². The van der Waals surface area contributed by atoms with Crippen LogP contribution >= 0.6 is 0 Å². The maximum Gasteiger partial charge on any atom is 0.343 e. The predicted molar refractivity (Wildman–Crippen MR) is 154 cm³/mol. The monoisotopic (exact) mass is 546 g/mol. The number of rotatable bonds is 22. The molecule has 39 heavy (non-hydrogen) atoms. The number of unbranched alkanes of at least 4 members (excludes halogenated alkanes) is 14. The van der Waals surface area contributed by atoms with E-state index in [1.54, 1.807) is 24.3 Å². The van der Waals surface area contributed by atoms with Gasteiger partial charge in [0.2, 0.25) is 11.6 Å². The Labute approximate surface area is 234 Å². The van der Waals surface area contributed by atoms with Crippen molar-refractivity contribution in [3.05, 3.63) is 53.6 Å². The summed E-state index contributed by atoms with van der Waals surface area (Å²) in [7, 11) is 0. The van der Waals surface area contributed by atoms with Crippen molar-refractivity contribution in [2.45, 2.75) is 117 Å². The summed E-state index contributed by atoms with van der Waals surface area (Å²) >= 11 is 0. The number of halogens is 2. The molecule has 218 valence electrons. The standard InChI is InChI=1S/C33H48F2O4/c1-3-5-7-9-11-13-15-17-25-37-28-21-19-27(20-22-28)33(36)39-30-24-23-29(31(34)32(30)35)38-26-18-16-14-12-10-8-6-4-2/h19-24H,3-18,25-26H2,1-2H3. The van der Waals surface area contributed by atoms with Crippen molar-refractivity contribution in [2.75, 3.05) is 13.2 Å². The summed E-state index contributed by atoms with van der Waals surface area (Å²) in [5.41, 5.74) is 0.226. The Morgan fingerprint density at radius 2 is 1.00 bits per heavy atom. The molecule has 0 fully saturated rings. The van der Waals surface area contributed by atoms with Crippen LogP contribution in [0.2, 0.25) is 0 Å². The highest BCUT2D eigenvalue weighted by Gasteiger charge is 2.19. The van der Waals surface area contributed by atoms with Gasteiger partial charge in [0, 0.05) is 0 Å². The number of carbonyl (C=O) groups excluding carboxylic acids is 1. The van der Waals surface area contributed by atoms with Gasteiger partial charge in [-0.3, -0.25) is 0 Å². The molecule has 6 heteroatoms. The lowest BCUT2D eigenvalue weighted by atomic mass is 10.1. The second-order valence-corrected chi connectivity index (χ2v) is 10.3. The van der Waals surface area contributed by atoms with Gasteiger partial charge >= 0.3 is 5.97 Å². The molecule has 0 heterocycles. The van der Waals surface area contributed by atoms with E-state index in [0.717, 1.165) is 32.1 Å². The molecule has 2 aromatic rings. The lowest BCUT2D eigenvalue weighted by molar-refractivity contribution is 0.0726. The first-order valence-corrected chi connectivity index (χ1v) is 15.1. The van der Waals surface area contributed by atoms with E-state index in [4.69, 9.17) is 14.2 Å². The topological polar surface area (TPSA) is 44.8 Å². The number of hydrogen-bond donors (Lipinski definition) is 0. The van der Waals surface area contributed by atoms with Crippen molar-refractivity contribution in [3.63, 3.8) is 0 Å². The highest BCUT2D eigenvalue weighted by molar-refractivity contribution is 5.91. The molecule has 0 N–H and O–H groups in total. The fourth-order valence-electron chi connectivity index (χ4n) is 4.39. The van der Waals surface area contributed by atoms with Crippen molar-refractivity contribution < 1.29 is 27.8 Å². The summed E-state index contributed by atoms with van der Waals surface area (Å²) in [5, 5.41) is 0. The van der Waals surface area contributed by atoms with Crippen molar-refractivity contribution in [1.29, 1.82) is 0 Å². The predicted octanol–water partition coefficient (Wildman–Crippen LogP) is 10.2. The van der Waals surface area contributed by atoms with Gasteiger partial charge in [-0.2, -0.15) is 8.78 Å². The van der Waals surface area contributed by atoms with Crippen LogP contribution in [0.1, 0.15) is 127 Å². The first-order chi connectivity index (χ1) is 19.1. The molecule has 2 aromatic carbocycles. The van der Waals surface area contributed by atoms with Crippen LogP contribution in [-0.2, 0) is 0 Å². The Bertz CT molecular complexity index is 930. The van der Waals surface area contributed by atoms with Crippen LogP contribution in [0.4, 0.5) is 8.78 Å². The molecule has 0 aliphatic carbocycles. The Morgan fingerprint density at radius 1 is 0.564 bits per heavy atom. The first kappa shape index (κ1) is 32.6. The van der Waals surface area contributed by atoms with Crippen LogP contribution in [0.15, 0.2) is 36.4 Å². The smallest absolute Gasteiger partial charge is 0.343 e. The van der Waals surface area contributed by atoms with Gasteiger partial charge in [0.05, 0.1) is 18.8 Å². The van der Waals surface area contributed by atoms with Gasteiger partial charge in [-0.25, -0.2) is 4.79 Å². The zero-order valence-electron chi connectivity index (χ0n) is 24.1. The molecule has 0 aliphatic heterocycles. The largest absolute Gasteiger partial charge is 0.494 e. The minimum atomic E-state index is -1.23. The average molecular weight is 547 g/mol. The van der Waals surface area contributed by atoms with Crippen LogP contribution in [0.25, 0.3) is 0 Å². The molecule has 0 radical (unpaired) electrons. The number of benzene rings is 2. The number of ether oxygens (including phenoxy) is 3. The van der Waals surface area contributed by atoms with Crippen LogP contribution in [0, 0.1) is 11.6 Å². The van der Waals surface area contributed by atoms with Crippen LogP contribution < -0.4 is 14.2 Å². The van der Waals surface area contributed by atoms with Gasteiger partial charge in [-0.1, -0.05) is 104 Å². The zero-order valence-corrected chi connectivity index (χ0v) is 24.1. The third-order valence-corrected chi connectivity index (χ3v) is 6.83. The van der Waals surface area contributed by atoms with Gasteiger partial charge in [0.25, 0.3) is 0 Å². The zero-order chi connectivity index (χ0) is 28.1. The lowest BCUT2D eigenvalue weighted by Crippen LogP contribution is -2.10. The molecule has 0 aliphatic rings. The Kier molecular flexibility index (Phi) is 17.0. The van der Waals surface area contributed by atoms with E-state index in [2.05, 4.69) is 13.8 Å². The molecule has 0 atom stereocenters. The summed E-state index contributed by atoms with van der Waals surface area (Å²) in [4.78, 5) is 12.5. The fraction of sp³-hybridized carbons (Fsp3) is 0.606.